The molecule has 0 aromatic heterocycles. The number of nitrogens with one attached hydrogen (secondary N) is 1. The maximum absolute atomic E-state index is 10.4. The van der Waals surface area contributed by atoms with Gasteiger partial charge in [-0.25, -0.2) is 4.79 Å². The third kappa shape index (κ3) is 3.27. The maximum Gasteiger partial charge on any atom is 0.341 e. The predicted octanol–water partition coefficient (Wildman–Crippen LogP) is 0.933. The zero-order chi connectivity index (χ0) is 13.0. The van der Waals surface area contributed by atoms with E-state index in [-0.39, 0.29) is 12.7 Å². The molecule has 1 aliphatic rings. The standard InChI is InChI=1S/C12H16N2O4/c13-10-5-8(18-7-12(15)16)1-2-11(10)14-6-9-3-4-17-9/h1-2,5,9,14H,3-4,6-7,13H2,(H,15,16)/t9-/m0/s1. The highest BCUT2D eigenvalue weighted by atomic mass is 16.5. The zero-order valence-electron chi connectivity index (χ0n) is 9.89. The van der Waals surface area contributed by atoms with Gasteiger partial charge in [-0.1, -0.05) is 0 Å². The molecule has 18 heavy (non-hydrogen) atoms. The van der Waals surface area contributed by atoms with E-state index in [0.717, 1.165) is 25.3 Å². The predicted molar refractivity (Wildman–Crippen MR) is 66.8 cm³/mol. The van der Waals surface area contributed by atoms with Crippen molar-refractivity contribution >= 4 is 17.3 Å². The average molecular weight is 252 g/mol. The maximum atomic E-state index is 10.4. The minimum absolute atomic E-state index is 0.257. The van der Waals surface area contributed by atoms with Crippen molar-refractivity contribution in [2.24, 2.45) is 0 Å². The normalized spacial score (nSPS) is 17.9. The molecule has 1 saturated heterocycles. The summed E-state index contributed by atoms with van der Waals surface area (Å²) in [7, 11) is 0. The Bertz CT molecular complexity index is 432. The minimum Gasteiger partial charge on any atom is -0.482 e. The Morgan fingerprint density at radius 2 is 2.39 bits per heavy atom. The molecule has 0 spiro atoms. The van der Waals surface area contributed by atoms with E-state index < -0.39 is 5.97 Å². The number of carbonyl (C=O) groups is 1. The largest absolute Gasteiger partial charge is 0.482 e. The molecule has 0 unspecified atom stereocenters. The summed E-state index contributed by atoms with van der Waals surface area (Å²) in [6.45, 7) is 1.17. The molecule has 1 heterocycles. The van der Waals surface area contributed by atoms with Crippen LogP contribution in [0.25, 0.3) is 0 Å². The molecule has 0 amide bonds. The number of nitrogens with two attached hydrogens (primary N) is 1. The molecule has 2 rings (SSSR count). The van der Waals surface area contributed by atoms with E-state index in [9.17, 15) is 4.79 Å². The van der Waals surface area contributed by atoms with Gasteiger partial charge in [0.2, 0.25) is 0 Å². The van der Waals surface area contributed by atoms with Gasteiger partial charge in [0.15, 0.2) is 6.61 Å². The van der Waals surface area contributed by atoms with Crippen molar-refractivity contribution in [1.82, 2.24) is 0 Å². The van der Waals surface area contributed by atoms with Gasteiger partial charge < -0.3 is 25.6 Å². The Labute approximate surface area is 105 Å². The SMILES string of the molecule is Nc1cc(OCC(=O)O)ccc1NC[C@@H]1CCO1. The molecular formula is C12H16N2O4. The van der Waals surface area contributed by atoms with Crippen molar-refractivity contribution in [3.05, 3.63) is 18.2 Å². The Hall–Kier alpha value is -1.95. The molecule has 1 aromatic rings. The van der Waals surface area contributed by atoms with E-state index in [4.69, 9.17) is 20.3 Å². The lowest BCUT2D eigenvalue weighted by Gasteiger charge is -2.27. The van der Waals surface area contributed by atoms with Gasteiger partial charge in [-0.05, 0) is 18.6 Å². The molecule has 1 fully saturated rings. The summed E-state index contributed by atoms with van der Waals surface area (Å²) in [4.78, 5) is 10.4. The van der Waals surface area contributed by atoms with E-state index in [1.54, 1.807) is 18.2 Å². The fraction of sp³-hybridized carbons (Fsp3) is 0.417. The number of carboxylic acids is 1. The van der Waals surface area contributed by atoms with Gasteiger partial charge in [-0.2, -0.15) is 0 Å². The van der Waals surface area contributed by atoms with Crippen LogP contribution in [0.2, 0.25) is 0 Å². The highest BCUT2D eigenvalue weighted by Gasteiger charge is 2.17. The van der Waals surface area contributed by atoms with Crippen LogP contribution in [0.15, 0.2) is 18.2 Å². The Kier molecular flexibility index (Phi) is 3.88. The van der Waals surface area contributed by atoms with E-state index in [1.807, 2.05) is 0 Å². The van der Waals surface area contributed by atoms with Crippen molar-refractivity contribution in [3.63, 3.8) is 0 Å². The van der Waals surface area contributed by atoms with Crippen molar-refractivity contribution < 1.29 is 19.4 Å². The van der Waals surface area contributed by atoms with Crippen molar-refractivity contribution in [2.45, 2.75) is 12.5 Å². The van der Waals surface area contributed by atoms with Crippen LogP contribution >= 0.6 is 0 Å². The number of aliphatic carboxylic acids is 1. The number of ether oxygens (including phenoxy) is 2. The Balaban J connectivity index is 1.89. The third-order valence-corrected chi connectivity index (χ3v) is 2.70. The van der Waals surface area contributed by atoms with Gasteiger partial charge in [0, 0.05) is 19.2 Å². The van der Waals surface area contributed by atoms with E-state index in [2.05, 4.69) is 5.32 Å². The van der Waals surface area contributed by atoms with Crippen LogP contribution in [-0.4, -0.2) is 36.9 Å². The Morgan fingerprint density at radius 3 is 2.94 bits per heavy atom. The summed E-state index contributed by atoms with van der Waals surface area (Å²) < 4.78 is 10.3. The molecule has 1 aliphatic heterocycles. The first kappa shape index (κ1) is 12.5. The van der Waals surface area contributed by atoms with Crippen LogP contribution in [-0.2, 0) is 9.53 Å². The van der Waals surface area contributed by atoms with Gasteiger partial charge in [-0.15, -0.1) is 0 Å². The topological polar surface area (TPSA) is 93.8 Å². The smallest absolute Gasteiger partial charge is 0.341 e. The Morgan fingerprint density at radius 1 is 1.61 bits per heavy atom. The van der Waals surface area contributed by atoms with Crippen LogP contribution < -0.4 is 15.8 Å². The first-order chi connectivity index (χ1) is 8.65. The fourth-order valence-corrected chi connectivity index (χ4v) is 1.61. The number of hydrogen-bond acceptors (Lipinski definition) is 5. The minimum atomic E-state index is -1.02. The summed E-state index contributed by atoms with van der Waals surface area (Å²) in [6, 6.07) is 5.06. The molecule has 0 saturated carbocycles. The quantitative estimate of drug-likeness (QED) is 0.652. The van der Waals surface area contributed by atoms with Crippen LogP contribution in [0.5, 0.6) is 5.75 Å². The lowest BCUT2D eigenvalue weighted by molar-refractivity contribution is -0.139. The molecular weight excluding hydrogens is 236 g/mol. The molecule has 6 nitrogen and oxygen atoms in total. The number of anilines is 2. The van der Waals surface area contributed by atoms with E-state index >= 15 is 0 Å². The van der Waals surface area contributed by atoms with Crippen LogP contribution in [0.1, 0.15) is 6.42 Å². The van der Waals surface area contributed by atoms with Gasteiger partial charge in [-0.3, -0.25) is 0 Å². The number of benzene rings is 1. The van der Waals surface area contributed by atoms with Crippen LogP contribution in [0, 0.1) is 0 Å². The lowest BCUT2D eigenvalue weighted by Crippen LogP contribution is -2.33. The molecule has 1 atom stereocenters. The molecule has 98 valence electrons. The number of rotatable bonds is 6. The molecule has 4 N–H and O–H groups in total. The zero-order valence-corrected chi connectivity index (χ0v) is 9.89. The first-order valence-corrected chi connectivity index (χ1v) is 5.75. The second-order valence-corrected chi connectivity index (χ2v) is 4.09. The molecule has 0 bridgehead atoms. The van der Waals surface area contributed by atoms with Gasteiger partial charge in [0.1, 0.15) is 5.75 Å². The van der Waals surface area contributed by atoms with E-state index in [0.29, 0.717) is 11.4 Å². The number of carboxylic acid groups (broad SMARTS) is 1. The second-order valence-electron chi connectivity index (χ2n) is 4.09. The van der Waals surface area contributed by atoms with Gasteiger partial charge >= 0.3 is 5.97 Å². The van der Waals surface area contributed by atoms with Gasteiger partial charge in [0.05, 0.1) is 17.5 Å². The molecule has 0 radical (unpaired) electrons. The monoisotopic (exact) mass is 252 g/mol. The molecule has 1 aromatic carbocycles. The summed E-state index contributed by atoms with van der Waals surface area (Å²) in [6.07, 6.45) is 1.32. The fourth-order valence-electron chi connectivity index (χ4n) is 1.61. The van der Waals surface area contributed by atoms with E-state index in [1.165, 1.54) is 0 Å². The van der Waals surface area contributed by atoms with Crippen molar-refractivity contribution in [1.29, 1.82) is 0 Å². The summed E-state index contributed by atoms with van der Waals surface area (Å²) in [5, 5.41) is 11.7. The highest BCUT2D eigenvalue weighted by molar-refractivity contribution is 5.70. The molecule has 0 aliphatic carbocycles. The van der Waals surface area contributed by atoms with Gasteiger partial charge in [0.25, 0.3) is 0 Å². The summed E-state index contributed by atoms with van der Waals surface area (Å²) in [5.41, 5.74) is 7.17. The van der Waals surface area contributed by atoms with Crippen molar-refractivity contribution in [3.8, 4) is 5.75 Å². The number of nitrogen functional groups attached to an aromatic ring is 1. The third-order valence-electron chi connectivity index (χ3n) is 2.70. The van der Waals surface area contributed by atoms with Crippen molar-refractivity contribution in [2.75, 3.05) is 30.8 Å². The highest BCUT2D eigenvalue weighted by Crippen LogP contribution is 2.25. The molecule has 6 heteroatoms. The summed E-state index contributed by atoms with van der Waals surface area (Å²) in [5.74, 6) is -0.571. The van der Waals surface area contributed by atoms with Crippen LogP contribution in [0.3, 0.4) is 0 Å². The first-order valence-electron chi connectivity index (χ1n) is 5.75. The summed E-state index contributed by atoms with van der Waals surface area (Å²) >= 11 is 0. The number of hydrogen-bond donors (Lipinski definition) is 3. The average Bonchev–Trinajstić information content (AvgIpc) is 2.26. The second kappa shape index (κ2) is 5.59. The van der Waals surface area contributed by atoms with Crippen LogP contribution in [0.4, 0.5) is 11.4 Å². The lowest BCUT2D eigenvalue weighted by atomic mass is 10.2.